The number of para-hydroxylation sites is 1. The number of amides is 1. The molecule has 0 saturated carbocycles. The minimum absolute atomic E-state index is 0.0172. The van der Waals surface area contributed by atoms with E-state index >= 15 is 0 Å². The van der Waals surface area contributed by atoms with Gasteiger partial charge in [0.1, 0.15) is 5.76 Å². The highest BCUT2D eigenvalue weighted by molar-refractivity contribution is 7.08. The van der Waals surface area contributed by atoms with Crippen molar-refractivity contribution in [3.8, 4) is 0 Å². The molecule has 27 heavy (non-hydrogen) atoms. The van der Waals surface area contributed by atoms with E-state index < -0.39 is 0 Å². The van der Waals surface area contributed by atoms with Crippen molar-refractivity contribution in [1.82, 2.24) is 10.3 Å². The van der Waals surface area contributed by atoms with Gasteiger partial charge in [-0.2, -0.15) is 11.3 Å². The van der Waals surface area contributed by atoms with Gasteiger partial charge < -0.3 is 14.7 Å². The van der Waals surface area contributed by atoms with Crippen LogP contribution in [0, 0.1) is 0 Å². The fourth-order valence-corrected chi connectivity index (χ4v) is 4.27. The van der Waals surface area contributed by atoms with Crippen molar-refractivity contribution in [3.63, 3.8) is 0 Å². The minimum Gasteiger partial charge on any atom is -0.467 e. The number of H-pyrrole nitrogens is 1. The standard InChI is InChI=1S/C22H22N2O2S/c1-2-15-5-3-7-18-20(13-24-22(15)18)19(16-8-10-27-14-16)11-21(25)23-12-17-6-4-9-26-17/h3-10,13-14,19,24H,2,11-12H2,1H3,(H,23,25). The van der Waals surface area contributed by atoms with Crippen LogP contribution in [0.3, 0.4) is 0 Å². The Morgan fingerprint density at radius 3 is 2.93 bits per heavy atom. The zero-order chi connectivity index (χ0) is 18.6. The molecule has 0 spiro atoms. The summed E-state index contributed by atoms with van der Waals surface area (Å²) in [6, 6.07) is 12.2. The Bertz CT molecular complexity index is 1020. The molecular weight excluding hydrogens is 356 g/mol. The lowest BCUT2D eigenvalue weighted by molar-refractivity contribution is -0.121. The van der Waals surface area contributed by atoms with E-state index in [0.717, 1.165) is 12.2 Å². The maximum Gasteiger partial charge on any atom is 0.221 e. The van der Waals surface area contributed by atoms with Gasteiger partial charge in [0.2, 0.25) is 5.91 Å². The minimum atomic E-state index is 0.0172. The summed E-state index contributed by atoms with van der Waals surface area (Å²) in [5.74, 6) is 0.799. The Balaban J connectivity index is 1.61. The van der Waals surface area contributed by atoms with Crippen LogP contribution in [0.5, 0.6) is 0 Å². The molecule has 3 heterocycles. The van der Waals surface area contributed by atoms with E-state index in [1.165, 1.54) is 27.6 Å². The molecule has 3 aromatic heterocycles. The number of aromatic amines is 1. The Morgan fingerprint density at radius 2 is 2.19 bits per heavy atom. The summed E-state index contributed by atoms with van der Waals surface area (Å²) >= 11 is 1.66. The van der Waals surface area contributed by atoms with E-state index in [1.54, 1.807) is 17.6 Å². The predicted molar refractivity (Wildman–Crippen MR) is 109 cm³/mol. The zero-order valence-electron chi connectivity index (χ0n) is 15.2. The Kier molecular flexibility index (Phi) is 5.12. The smallest absolute Gasteiger partial charge is 0.221 e. The van der Waals surface area contributed by atoms with E-state index in [0.29, 0.717) is 13.0 Å². The Morgan fingerprint density at radius 1 is 1.26 bits per heavy atom. The van der Waals surface area contributed by atoms with Gasteiger partial charge in [-0.15, -0.1) is 0 Å². The first kappa shape index (κ1) is 17.6. The van der Waals surface area contributed by atoms with Gasteiger partial charge in [0, 0.05) is 29.4 Å². The highest BCUT2D eigenvalue weighted by atomic mass is 32.1. The van der Waals surface area contributed by atoms with Gasteiger partial charge >= 0.3 is 0 Å². The molecule has 1 atom stereocenters. The average Bonchev–Trinajstić information content (AvgIpc) is 3.45. The third kappa shape index (κ3) is 3.69. The largest absolute Gasteiger partial charge is 0.467 e. The summed E-state index contributed by atoms with van der Waals surface area (Å²) in [6.07, 6.45) is 5.06. The molecule has 0 aliphatic carbocycles. The zero-order valence-corrected chi connectivity index (χ0v) is 16.0. The molecule has 0 aliphatic heterocycles. The first-order chi connectivity index (χ1) is 13.3. The van der Waals surface area contributed by atoms with Gasteiger partial charge in [-0.1, -0.05) is 25.1 Å². The number of carbonyl (C=O) groups excluding carboxylic acids is 1. The van der Waals surface area contributed by atoms with Crippen LogP contribution in [-0.4, -0.2) is 10.9 Å². The number of furan rings is 1. The van der Waals surface area contributed by atoms with Crippen molar-refractivity contribution in [3.05, 3.63) is 82.1 Å². The number of fused-ring (bicyclic) bond motifs is 1. The van der Waals surface area contributed by atoms with Crippen LogP contribution in [0.15, 0.2) is 64.0 Å². The number of hydrogen-bond donors (Lipinski definition) is 2. The molecule has 0 bridgehead atoms. The normalized spacial score (nSPS) is 12.3. The lowest BCUT2D eigenvalue weighted by Gasteiger charge is -2.15. The second kappa shape index (κ2) is 7.84. The van der Waals surface area contributed by atoms with Crippen LogP contribution >= 0.6 is 11.3 Å². The maximum absolute atomic E-state index is 12.6. The SMILES string of the molecule is CCc1cccc2c(C(CC(=O)NCc3ccco3)c3ccsc3)c[nH]c12. The summed E-state index contributed by atoms with van der Waals surface area (Å²) in [5.41, 5.74) is 4.82. The topological polar surface area (TPSA) is 58.0 Å². The van der Waals surface area contributed by atoms with Crippen molar-refractivity contribution in [2.75, 3.05) is 0 Å². The molecular formula is C22H22N2O2S. The van der Waals surface area contributed by atoms with Crippen LogP contribution in [-0.2, 0) is 17.8 Å². The van der Waals surface area contributed by atoms with Gasteiger partial charge in [0.25, 0.3) is 0 Å². The maximum atomic E-state index is 12.6. The molecule has 1 unspecified atom stereocenters. The number of rotatable bonds is 7. The van der Waals surface area contributed by atoms with Crippen LogP contribution in [0.2, 0.25) is 0 Å². The van der Waals surface area contributed by atoms with Crippen molar-refractivity contribution in [2.24, 2.45) is 0 Å². The second-order valence-corrected chi connectivity index (χ2v) is 7.39. The van der Waals surface area contributed by atoms with E-state index in [2.05, 4.69) is 58.4 Å². The molecule has 4 rings (SSSR count). The lowest BCUT2D eigenvalue weighted by Crippen LogP contribution is -2.24. The molecule has 4 aromatic rings. The number of carbonyl (C=O) groups is 1. The molecule has 5 heteroatoms. The first-order valence-electron chi connectivity index (χ1n) is 9.16. The predicted octanol–water partition coefficient (Wildman–Crippen LogP) is 5.22. The second-order valence-electron chi connectivity index (χ2n) is 6.61. The monoisotopic (exact) mass is 378 g/mol. The fraction of sp³-hybridized carbons (Fsp3) is 0.227. The molecule has 0 fully saturated rings. The summed E-state index contributed by atoms with van der Waals surface area (Å²) in [7, 11) is 0. The van der Waals surface area contributed by atoms with E-state index in [4.69, 9.17) is 4.42 Å². The number of benzene rings is 1. The van der Waals surface area contributed by atoms with Gasteiger partial charge in [-0.3, -0.25) is 4.79 Å². The summed E-state index contributed by atoms with van der Waals surface area (Å²) < 4.78 is 5.30. The molecule has 1 aromatic carbocycles. The van der Waals surface area contributed by atoms with Crippen LogP contribution in [0.4, 0.5) is 0 Å². The summed E-state index contributed by atoms with van der Waals surface area (Å²) in [6.45, 7) is 2.57. The van der Waals surface area contributed by atoms with Crippen molar-refractivity contribution in [1.29, 1.82) is 0 Å². The number of thiophene rings is 1. The molecule has 0 saturated heterocycles. The number of nitrogens with one attached hydrogen (secondary N) is 2. The molecule has 0 aliphatic rings. The van der Waals surface area contributed by atoms with E-state index in [9.17, 15) is 4.79 Å². The molecule has 0 radical (unpaired) electrons. The highest BCUT2D eigenvalue weighted by Crippen LogP contribution is 2.35. The first-order valence-corrected chi connectivity index (χ1v) is 10.1. The number of aryl methyl sites for hydroxylation is 1. The third-order valence-corrected chi connectivity index (χ3v) is 5.67. The number of hydrogen-bond acceptors (Lipinski definition) is 3. The third-order valence-electron chi connectivity index (χ3n) is 4.97. The van der Waals surface area contributed by atoms with Crippen molar-refractivity contribution >= 4 is 28.1 Å². The Labute approximate surface area is 162 Å². The van der Waals surface area contributed by atoms with Crippen LogP contribution < -0.4 is 5.32 Å². The van der Waals surface area contributed by atoms with Gasteiger partial charge in [0.05, 0.1) is 12.8 Å². The molecule has 4 nitrogen and oxygen atoms in total. The van der Waals surface area contributed by atoms with E-state index in [-0.39, 0.29) is 11.8 Å². The summed E-state index contributed by atoms with van der Waals surface area (Å²) in [5, 5.41) is 8.37. The van der Waals surface area contributed by atoms with Gasteiger partial charge in [0.15, 0.2) is 0 Å². The average molecular weight is 378 g/mol. The van der Waals surface area contributed by atoms with Gasteiger partial charge in [-0.05, 0) is 52.1 Å². The fourth-order valence-electron chi connectivity index (χ4n) is 3.56. The molecule has 2 N–H and O–H groups in total. The van der Waals surface area contributed by atoms with Crippen LogP contribution in [0.25, 0.3) is 10.9 Å². The lowest BCUT2D eigenvalue weighted by atomic mass is 9.89. The quantitative estimate of drug-likeness (QED) is 0.463. The van der Waals surface area contributed by atoms with Crippen molar-refractivity contribution in [2.45, 2.75) is 32.2 Å². The molecule has 138 valence electrons. The van der Waals surface area contributed by atoms with E-state index in [1.807, 2.05) is 12.1 Å². The van der Waals surface area contributed by atoms with Crippen LogP contribution in [0.1, 0.15) is 41.7 Å². The van der Waals surface area contributed by atoms with Crippen molar-refractivity contribution < 1.29 is 9.21 Å². The summed E-state index contributed by atoms with van der Waals surface area (Å²) in [4.78, 5) is 16.1. The van der Waals surface area contributed by atoms with Gasteiger partial charge in [-0.25, -0.2) is 0 Å². The molecule has 1 amide bonds. The number of aromatic nitrogens is 1. The highest BCUT2D eigenvalue weighted by Gasteiger charge is 2.22. The Hall–Kier alpha value is -2.79.